The van der Waals surface area contributed by atoms with Crippen molar-refractivity contribution in [2.75, 3.05) is 19.6 Å². The summed E-state index contributed by atoms with van der Waals surface area (Å²) in [6.07, 6.45) is 2.11. The zero-order chi connectivity index (χ0) is 18.5. The first-order valence-corrected chi connectivity index (χ1v) is 8.76. The molecule has 1 unspecified atom stereocenters. The minimum atomic E-state index is -0.549. The molecule has 2 fully saturated rings. The number of piperidine rings is 1. The Balaban J connectivity index is 1.74. The van der Waals surface area contributed by atoms with E-state index in [4.69, 9.17) is 0 Å². The lowest BCUT2D eigenvalue weighted by molar-refractivity contribution is -0.119. The second kappa shape index (κ2) is 5.93. The third kappa shape index (κ3) is 2.77. The fourth-order valence-corrected chi connectivity index (χ4v) is 4.22. The van der Waals surface area contributed by atoms with Crippen molar-refractivity contribution in [1.82, 2.24) is 15.2 Å². The predicted molar refractivity (Wildman–Crippen MR) is 94.5 cm³/mol. The third-order valence-electron chi connectivity index (χ3n) is 5.42. The summed E-state index contributed by atoms with van der Waals surface area (Å²) in [7, 11) is 0. The topological polar surface area (TPSA) is 82.3 Å². The van der Waals surface area contributed by atoms with Crippen LogP contribution in [0.25, 0.3) is 10.9 Å². The molecular weight excluding hydrogens is 337 g/mol. The molecule has 2 amide bonds. The van der Waals surface area contributed by atoms with Crippen LogP contribution in [0.4, 0.5) is 4.39 Å². The van der Waals surface area contributed by atoms with Gasteiger partial charge in [-0.05, 0) is 37.5 Å². The van der Waals surface area contributed by atoms with Crippen LogP contribution in [-0.2, 0) is 4.79 Å². The molecule has 2 N–H and O–H groups in total. The normalized spacial score (nSPS) is 22.8. The van der Waals surface area contributed by atoms with Gasteiger partial charge in [0.25, 0.3) is 5.91 Å². The lowest BCUT2D eigenvalue weighted by atomic mass is 9.79. The number of benzene rings is 1. The summed E-state index contributed by atoms with van der Waals surface area (Å²) in [4.78, 5) is 41.0. The van der Waals surface area contributed by atoms with Gasteiger partial charge in [0.2, 0.25) is 11.5 Å². The summed E-state index contributed by atoms with van der Waals surface area (Å²) in [5.74, 6) is -0.824. The van der Waals surface area contributed by atoms with Gasteiger partial charge in [-0.2, -0.15) is 0 Å². The maximum absolute atomic E-state index is 14.3. The number of carbonyl (C=O) groups is 2. The van der Waals surface area contributed by atoms with Gasteiger partial charge in [0.1, 0.15) is 5.82 Å². The van der Waals surface area contributed by atoms with Crippen molar-refractivity contribution in [2.24, 2.45) is 5.41 Å². The summed E-state index contributed by atoms with van der Waals surface area (Å²) < 4.78 is 14.3. The molecule has 136 valence electrons. The Morgan fingerprint density at radius 2 is 2.08 bits per heavy atom. The van der Waals surface area contributed by atoms with E-state index >= 15 is 0 Å². The molecule has 2 aliphatic heterocycles. The molecule has 1 atom stereocenters. The summed E-state index contributed by atoms with van der Waals surface area (Å²) in [5.41, 5.74) is 0.199. The Morgan fingerprint density at radius 1 is 1.27 bits per heavy atom. The van der Waals surface area contributed by atoms with Gasteiger partial charge in [-0.25, -0.2) is 4.39 Å². The van der Waals surface area contributed by atoms with Crippen LogP contribution in [0.1, 0.15) is 35.2 Å². The largest absolute Gasteiger partial charge is 0.355 e. The Hall–Kier alpha value is -2.70. The molecule has 2 aliphatic rings. The van der Waals surface area contributed by atoms with Gasteiger partial charge >= 0.3 is 0 Å². The number of likely N-dealkylation sites (tertiary alicyclic amines) is 1. The molecule has 2 aromatic rings. The van der Waals surface area contributed by atoms with E-state index in [-0.39, 0.29) is 28.3 Å². The SMILES string of the molecule is Cc1cc(F)c2[nH]c(=O)cc(C(=O)N3CCCC4(CNC(=O)C4)C3)c2c1. The van der Waals surface area contributed by atoms with E-state index < -0.39 is 11.4 Å². The first-order chi connectivity index (χ1) is 12.4. The molecule has 4 rings (SSSR count). The van der Waals surface area contributed by atoms with Crippen molar-refractivity contribution >= 4 is 22.7 Å². The Morgan fingerprint density at radius 3 is 2.81 bits per heavy atom. The number of hydrogen-bond acceptors (Lipinski definition) is 3. The molecule has 2 saturated heterocycles. The van der Waals surface area contributed by atoms with E-state index in [1.54, 1.807) is 17.9 Å². The standard InChI is InChI=1S/C19H20FN3O3/c1-11-5-12-13(7-15(24)22-17(12)14(20)6-11)18(26)23-4-2-3-19(10-23)8-16(25)21-9-19/h5-7H,2-4,8-10H2,1H3,(H,21,25)(H,22,24). The number of nitrogens with zero attached hydrogens (tertiary/aromatic N) is 1. The van der Waals surface area contributed by atoms with Crippen LogP contribution in [0.15, 0.2) is 23.0 Å². The number of hydrogen-bond donors (Lipinski definition) is 2. The van der Waals surface area contributed by atoms with Crippen LogP contribution in [-0.4, -0.2) is 41.3 Å². The fourth-order valence-electron chi connectivity index (χ4n) is 4.22. The summed E-state index contributed by atoms with van der Waals surface area (Å²) in [6.45, 7) is 3.34. The van der Waals surface area contributed by atoms with Gasteiger partial charge in [0.05, 0.1) is 11.1 Å². The molecule has 1 aromatic heterocycles. The lowest BCUT2D eigenvalue weighted by Gasteiger charge is -2.39. The van der Waals surface area contributed by atoms with Gasteiger partial charge in [-0.1, -0.05) is 0 Å². The minimum Gasteiger partial charge on any atom is -0.355 e. The van der Waals surface area contributed by atoms with Crippen molar-refractivity contribution in [1.29, 1.82) is 0 Å². The second-order valence-corrected chi connectivity index (χ2v) is 7.50. The maximum atomic E-state index is 14.3. The Labute approximate surface area is 149 Å². The van der Waals surface area contributed by atoms with Crippen LogP contribution < -0.4 is 10.9 Å². The predicted octanol–water partition coefficient (Wildman–Crippen LogP) is 1.72. The molecule has 0 bridgehead atoms. The van der Waals surface area contributed by atoms with Crippen molar-refractivity contribution in [3.63, 3.8) is 0 Å². The summed E-state index contributed by atoms with van der Waals surface area (Å²) >= 11 is 0. The van der Waals surface area contributed by atoms with E-state index in [0.717, 1.165) is 12.8 Å². The maximum Gasteiger partial charge on any atom is 0.254 e. The quantitative estimate of drug-likeness (QED) is 0.815. The molecule has 1 spiro atoms. The second-order valence-electron chi connectivity index (χ2n) is 7.50. The minimum absolute atomic E-state index is 0.0126. The lowest BCUT2D eigenvalue weighted by Crippen LogP contribution is -2.47. The summed E-state index contributed by atoms with van der Waals surface area (Å²) in [5, 5.41) is 3.26. The molecule has 0 saturated carbocycles. The molecule has 7 heteroatoms. The highest BCUT2D eigenvalue weighted by atomic mass is 19.1. The van der Waals surface area contributed by atoms with E-state index in [1.807, 2.05) is 0 Å². The number of aromatic nitrogens is 1. The molecule has 3 heterocycles. The zero-order valence-electron chi connectivity index (χ0n) is 14.5. The average molecular weight is 357 g/mol. The first kappa shape index (κ1) is 16.8. The highest BCUT2D eigenvalue weighted by Gasteiger charge is 2.43. The number of rotatable bonds is 1. The van der Waals surface area contributed by atoms with Gasteiger partial charge < -0.3 is 15.2 Å². The number of fused-ring (bicyclic) bond motifs is 1. The van der Waals surface area contributed by atoms with Crippen molar-refractivity contribution in [3.8, 4) is 0 Å². The molecule has 1 aromatic carbocycles. The Bertz CT molecular complexity index is 984. The van der Waals surface area contributed by atoms with Gasteiger partial charge in [-0.3, -0.25) is 14.4 Å². The highest BCUT2D eigenvalue weighted by Crippen LogP contribution is 2.36. The molecule has 6 nitrogen and oxygen atoms in total. The third-order valence-corrected chi connectivity index (χ3v) is 5.42. The number of amides is 2. The molecule has 26 heavy (non-hydrogen) atoms. The van der Waals surface area contributed by atoms with Gasteiger partial charge in [0.15, 0.2) is 0 Å². The number of nitrogens with one attached hydrogen (secondary N) is 2. The van der Waals surface area contributed by atoms with Crippen LogP contribution >= 0.6 is 0 Å². The van der Waals surface area contributed by atoms with E-state index in [9.17, 15) is 18.8 Å². The zero-order valence-corrected chi connectivity index (χ0v) is 14.5. The number of H-pyrrole nitrogens is 1. The average Bonchev–Trinajstić information content (AvgIpc) is 2.94. The van der Waals surface area contributed by atoms with Crippen LogP contribution in [0.3, 0.4) is 0 Å². The van der Waals surface area contributed by atoms with Crippen LogP contribution in [0.5, 0.6) is 0 Å². The smallest absolute Gasteiger partial charge is 0.254 e. The number of aryl methyl sites for hydroxylation is 1. The van der Waals surface area contributed by atoms with E-state index in [0.29, 0.717) is 37.0 Å². The van der Waals surface area contributed by atoms with Crippen molar-refractivity contribution in [3.05, 3.63) is 45.5 Å². The molecular formula is C19H20FN3O3. The Kier molecular flexibility index (Phi) is 3.82. The number of aromatic amines is 1. The van der Waals surface area contributed by atoms with Crippen LogP contribution in [0.2, 0.25) is 0 Å². The highest BCUT2D eigenvalue weighted by molar-refractivity contribution is 6.06. The first-order valence-electron chi connectivity index (χ1n) is 8.76. The summed E-state index contributed by atoms with van der Waals surface area (Å²) in [6, 6.07) is 4.28. The molecule has 0 radical (unpaired) electrons. The number of carbonyl (C=O) groups excluding carboxylic acids is 2. The van der Waals surface area contributed by atoms with Crippen LogP contribution in [0, 0.1) is 18.2 Å². The van der Waals surface area contributed by atoms with Crippen molar-refractivity contribution in [2.45, 2.75) is 26.2 Å². The van der Waals surface area contributed by atoms with E-state index in [1.165, 1.54) is 12.1 Å². The fraction of sp³-hybridized carbons (Fsp3) is 0.421. The van der Waals surface area contributed by atoms with Gasteiger partial charge in [0, 0.05) is 42.9 Å². The molecule has 0 aliphatic carbocycles. The van der Waals surface area contributed by atoms with Gasteiger partial charge in [-0.15, -0.1) is 0 Å². The van der Waals surface area contributed by atoms with Crippen molar-refractivity contribution < 1.29 is 14.0 Å². The monoisotopic (exact) mass is 357 g/mol. The number of pyridine rings is 1. The van der Waals surface area contributed by atoms with E-state index in [2.05, 4.69) is 10.3 Å². The number of halogens is 1.